The van der Waals surface area contributed by atoms with Crippen LogP contribution in [0.4, 0.5) is 5.69 Å². The lowest BCUT2D eigenvalue weighted by Gasteiger charge is -2.22. The first-order valence-corrected chi connectivity index (χ1v) is 11.8. The normalized spacial score (nSPS) is 11.0. The lowest BCUT2D eigenvalue weighted by molar-refractivity contribution is -0.141. The van der Waals surface area contributed by atoms with E-state index in [1.807, 2.05) is 0 Å². The topological polar surface area (TPSA) is 84.0 Å². The number of esters is 1. The number of ether oxygens (including phenoxy) is 1. The maximum Gasteiger partial charge on any atom is 0.325 e. The van der Waals surface area contributed by atoms with Gasteiger partial charge < -0.3 is 9.64 Å². The van der Waals surface area contributed by atoms with Crippen molar-refractivity contribution in [2.75, 3.05) is 25.0 Å². The maximum absolute atomic E-state index is 13.1. The number of carbonyl (C=O) groups excluding carboxylic acids is 2. The van der Waals surface area contributed by atoms with E-state index in [2.05, 4.69) is 0 Å². The molecule has 3 aromatic rings. The molecule has 3 rings (SSSR count). The number of rotatable bonds is 8. The summed E-state index contributed by atoms with van der Waals surface area (Å²) in [4.78, 5) is 26.4. The molecular weight excluding hydrogens is 464 g/mol. The molecule has 0 unspecified atom stereocenters. The summed E-state index contributed by atoms with van der Waals surface area (Å²) < 4.78 is 31.8. The van der Waals surface area contributed by atoms with Gasteiger partial charge in [-0.2, -0.15) is 0 Å². The van der Waals surface area contributed by atoms with Crippen LogP contribution in [0.5, 0.6) is 0 Å². The molecule has 3 aromatic carbocycles. The van der Waals surface area contributed by atoms with Crippen molar-refractivity contribution in [3.63, 3.8) is 0 Å². The number of amides is 1. The molecule has 0 fully saturated rings. The fourth-order valence-electron chi connectivity index (χ4n) is 3.12. The molecule has 33 heavy (non-hydrogen) atoms. The van der Waals surface area contributed by atoms with E-state index < -0.39 is 21.9 Å². The molecule has 0 spiro atoms. The minimum atomic E-state index is -3.81. The van der Waals surface area contributed by atoms with Crippen LogP contribution in [-0.4, -0.2) is 45.9 Å². The number of para-hydroxylation sites is 1. The van der Waals surface area contributed by atoms with Crippen molar-refractivity contribution in [1.29, 1.82) is 0 Å². The molecule has 7 nitrogen and oxygen atoms in total. The van der Waals surface area contributed by atoms with Crippen molar-refractivity contribution in [3.8, 4) is 0 Å². The van der Waals surface area contributed by atoms with E-state index >= 15 is 0 Å². The number of anilines is 1. The second kappa shape index (κ2) is 10.5. The van der Waals surface area contributed by atoms with E-state index in [1.54, 1.807) is 54.6 Å². The fraction of sp³-hybridized carbons (Fsp3) is 0.167. The lowest BCUT2D eigenvalue weighted by atomic mass is 10.1. The third kappa shape index (κ3) is 5.91. The number of sulfonamides is 1. The molecule has 1 amide bonds. The van der Waals surface area contributed by atoms with Gasteiger partial charge in [-0.25, -0.2) is 8.42 Å². The van der Waals surface area contributed by atoms with Crippen molar-refractivity contribution in [2.24, 2.45) is 0 Å². The summed E-state index contributed by atoms with van der Waals surface area (Å²) in [5.41, 5.74) is 1.54. The molecule has 0 radical (unpaired) electrons. The standard InChI is InChI=1S/C24H23ClN2O5S/c1-26(21-6-4-3-5-7-21)33(30,31)22-14-10-19(11-15-22)24(29)27(17-23(28)32-2)16-18-8-12-20(25)13-9-18/h3-15H,16-17H2,1-2H3. The van der Waals surface area contributed by atoms with Crippen molar-refractivity contribution < 1.29 is 22.7 Å². The Kier molecular flexibility index (Phi) is 7.73. The molecule has 0 saturated heterocycles. The summed E-state index contributed by atoms with van der Waals surface area (Å²) in [6, 6.07) is 21.2. The summed E-state index contributed by atoms with van der Waals surface area (Å²) in [5, 5.41) is 0.557. The van der Waals surface area contributed by atoms with Crippen LogP contribution >= 0.6 is 11.6 Å². The van der Waals surface area contributed by atoms with Crippen molar-refractivity contribution in [2.45, 2.75) is 11.4 Å². The van der Waals surface area contributed by atoms with Crippen LogP contribution in [0.25, 0.3) is 0 Å². The third-order valence-corrected chi connectivity index (χ3v) is 7.05. The molecule has 0 aliphatic carbocycles. The molecular formula is C24H23ClN2O5S. The molecule has 0 aliphatic rings. The number of hydrogen-bond donors (Lipinski definition) is 0. The summed E-state index contributed by atoms with van der Waals surface area (Å²) >= 11 is 5.92. The van der Waals surface area contributed by atoms with Crippen molar-refractivity contribution in [3.05, 3.63) is 95.0 Å². The van der Waals surface area contributed by atoms with Crippen LogP contribution in [0.15, 0.2) is 83.8 Å². The maximum atomic E-state index is 13.1. The van der Waals surface area contributed by atoms with Crippen molar-refractivity contribution in [1.82, 2.24) is 4.90 Å². The van der Waals surface area contributed by atoms with E-state index in [9.17, 15) is 18.0 Å². The van der Waals surface area contributed by atoms with Gasteiger partial charge in [0.2, 0.25) is 0 Å². The van der Waals surface area contributed by atoms with Crippen LogP contribution in [-0.2, 0) is 26.1 Å². The van der Waals surface area contributed by atoms with Crippen LogP contribution in [0, 0.1) is 0 Å². The molecule has 0 aliphatic heterocycles. The fourth-order valence-corrected chi connectivity index (χ4v) is 4.44. The van der Waals surface area contributed by atoms with Crippen LogP contribution in [0.1, 0.15) is 15.9 Å². The number of benzene rings is 3. The predicted octanol–water partition coefficient (Wildman–Crippen LogP) is 3.98. The molecule has 0 N–H and O–H groups in total. The average Bonchev–Trinajstić information content (AvgIpc) is 2.84. The zero-order chi connectivity index (χ0) is 24.0. The molecule has 9 heteroatoms. The Balaban J connectivity index is 1.83. The number of nitrogens with zero attached hydrogens (tertiary/aromatic N) is 2. The summed E-state index contributed by atoms with van der Waals surface area (Å²) in [7, 11) is -1.10. The van der Waals surface area contributed by atoms with Gasteiger partial charge in [0, 0.05) is 24.2 Å². The van der Waals surface area contributed by atoms with E-state index in [4.69, 9.17) is 16.3 Å². The largest absolute Gasteiger partial charge is 0.468 e. The zero-order valence-electron chi connectivity index (χ0n) is 18.1. The zero-order valence-corrected chi connectivity index (χ0v) is 19.7. The first-order chi connectivity index (χ1) is 15.7. The first-order valence-electron chi connectivity index (χ1n) is 9.97. The predicted molar refractivity (Wildman–Crippen MR) is 127 cm³/mol. The van der Waals surface area contributed by atoms with E-state index in [0.717, 1.165) is 5.56 Å². The van der Waals surface area contributed by atoms with Gasteiger partial charge >= 0.3 is 5.97 Å². The minimum Gasteiger partial charge on any atom is -0.468 e. The highest BCUT2D eigenvalue weighted by molar-refractivity contribution is 7.92. The van der Waals surface area contributed by atoms with Gasteiger partial charge in [0.1, 0.15) is 6.54 Å². The Hall–Kier alpha value is -3.36. The Labute approximate surface area is 198 Å². The van der Waals surface area contributed by atoms with Gasteiger partial charge in [0.15, 0.2) is 0 Å². The van der Waals surface area contributed by atoms with E-state index in [0.29, 0.717) is 10.7 Å². The summed E-state index contributed by atoms with van der Waals surface area (Å²) in [5.74, 6) is -1.00. The van der Waals surface area contributed by atoms with Crippen LogP contribution in [0.3, 0.4) is 0 Å². The van der Waals surface area contributed by atoms with Gasteiger partial charge in [-0.05, 0) is 54.1 Å². The summed E-state index contributed by atoms with van der Waals surface area (Å²) in [6.07, 6.45) is 0. The molecule has 0 aromatic heterocycles. The van der Waals surface area contributed by atoms with Crippen LogP contribution < -0.4 is 4.31 Å². The van der Waals surface area contributed by atoms with Gasteiger partial charge in [-0.15, -0.1) is 0 Å². The van der Waals surface area contributed by atoms with E-state index in [-0.39, 0.29) is 23.5 Å². The Morgan fingerprint density at radius 3 is 2.09 bits per heavy atom. The number of hydrogen-bond acceptors (Lipinski definition) is 5. The highest BCUT2D eigenvalue weighted by atomic mass is 35.5. The monoisotopic (exact) mass is 486 g/mol. The smallest absolute Gasteiger partial charge is 0.325 e. The second-order valence-corrected chi connectivity index (χ2v) is 9.60. The van der Waals surface area contributed by atoms with Gasteiger partial charge in [0.05, 0.1) is 17.7 Å². The van der Waals surface area contributed by atoms with Gasteiger partial charge in [-0.3, -0.25) is 13.9 Å². The quantitative estimate of drug-likeness (QED) is 0.450. The Morgan fingerprint density at radius 2 is 1.52 bits per heavy atom. The molecule has 172 valence electrons. The molecule has 0 atom stereocenters. The highest BCUT2D eigenvalue weighted by Gasteiger charge is 2.23. The number of carbonyl (C=O) groups is 2. The Morgan fingerprint density at radius 1 is 0.909 bits per heavy atom. The average molecular weight is 487 g/mol. The lowest BCUT2D eigenvalue weighted by Crippen LogP contribution is -2.35. The molecule has 0 bridgehead atoms. The van der Waals surface area contributed by atoms with E-state index in [1.165, 1.54) is 47.6 Å². The van der Waals surface area contributed by atoms with Gasteiger partial charge in [0.25, 0.3) is 15.9 Å². The Bertz CT molecular complexity index is 1210. The summed E-state index contributed by atoms with van der Waals surface area (Å²) in [6.45, 7) is -0.101. The number of halogens is 1. The second-order valence-electron chi connectivity index (χ2n) is 7.20. The molecule has 0 saturated carbocycles. The first kappa shape index (κ1) is 24.3. The van der Waals surface area contributed by atoms with Gasteiger partial charge in [-0.1, -0.05) is 41.9 Å². The number of methoxy groups -OCH3 is 1. The minimum absolute atomic E-state index is 0.0441. The van der Waals surface area contributed by atoms with Crippen LogP contribution in [0.2, 0.25) is 5.02 Å². The highest BCUT2D eigenvalue weighted by Crippen LogP contribution is 2.22. The third-order valence-electron chi connectivity index (χ3n) is 5.00. The van der Waals surface area contributed by atoms with Crippen molar-refractivity contribution >= 4 is 39.2 Å². The SMILES string of the molecule is COC(=O)CN(Cc1ccc(Cl)cc1)C(=O)c1ccc(S(=O)(=O)N(C)c2ccccc2)cc1. The molecule has 0 heterocycles.